The first kappa shape index (κ1) is 15.3. The molecule has 2 aromatic carbocycles. The van der Waals surface area contributed by atoms with Crippen molar-refractivity contribution in [3.8, 4) is 0 Å². The minimum atomic E-state index is -0.106. The van der Waals surface area contributed by atoms with Crippen LogP contribution >= 0.6 is 11.6 Å². The topological polar surface area (TPSA) is 57.8 Å². The Morgan fingerprint density at radius 1 is 1.13 bits per heavy atom. The van der Waals surface area contributed by atoms with Crippen LogP contribution < -0.4 is 5.32 Å². The molecule has 0 spiro atoms. The lowest BCUT2D eigenvalue weighted by Crippen LogP contribution is -2.24. The Balaban J connectivity index is 1.74. The zero-order chi connectivity index (χ0) is 16.1. The Labute approximate surface area is 139 Å². The van der Waals surface area contributed by atoms with Gasteiger partial charge in [0.1, 0.15) is 5.82 Å². The number of amides is 1. The van der Waals surface area contributed by atoms with E-state index in [1.165, 1.54) is 0 Å². The minimum Gasteiger partial charge on any atom is -0.347 e. The first-order valence-electron chi connectivity index (χ1n) is 7.31. The molecule has 1 heterocycles. The number of rotatable bonds is 5. The molecule has 1 aromatic heterocycles. The summed E-state index contributed by atoms with van der Waals surface area (Å²) in [6.45, 7) is 0.376. The van der Waals surface area contributed by atoms with Gasteiger partial charge in [0.2, 0.25) is 0 Å². The predicted molar refractivity (Wildman–Crippen MR) is 90.5 cm³/mol. The standard InChI is InChI=1S/C18H16ClN3O/c19-15-7-5-13(6-8-15)11-14-3-1-2-4-16(14)18(23)22-12-17-20-9-10-21-17/h1-10H,11-12H2,(H,20,21)(H,22,23). The predicted octanol–water partition coefficient (Wildman–Crippen LogP) is 3.58. The average Bonchev–Trinajstić information content (AvgIpc) is 3.09. The molecule has 0 radical (unpaired) electrons. The molecule has 0 fully saturated rings. The summed E-state index contributed by atoms with van der Waals surface area (Å²) in [5, 5.41) is 3.59. The van der Waals surface area contributed by atoms with Crippen LogP contribution in [0.2, 0.25) is 5.02 Å². The number of nitrogens with one attached hydrogen (secondary N) is 2. The Kier molecular flexibility index (Phi) is 4.74. The number of aromatic amines is 1. The van der Waals surface area contributed by atoms with E-state index in [0.29, 0.717) is 23.6 Å². The van der Waals surface area contributed by atoms with Gasteiger partial charge in [-0.1, -0.05) is 41.9 Å². The van der Waals surface area contributed by atoms with Gasteiger partial charge in [0.25, 0.3) is 5.91 Å². The molecule has 0 unspecified atom stereocenters. The molecule has 23 heavy (non-hydrogen) atoms. The van der Waals surface area contributed by atoms with Crippen LogP contribution in [-0.4, -0.2) is 15.9 Å². The smallest absolute Gasteiger partial charge is 0.251 e. The maximum absolute atomic E-state index is 12.4. The summed E-state index contributed by atoms with van der Waals surface area (Å²) >= 11 is 5.91. The summed E-state index contributed by atoms with van der Waals surface area (Å²) in [4.78, 5) is 19.5. The summed E-state index contributed by atoms with van der Waals surface area (Å²) in [5.41, 5.74) is 2.77. The molecule has 0 aliphatic rings. The Bertz CT molecular complexity index is 782. The fraction of sp³-hybridized carbons (Fsp3) is 0.111. The second-order valence-electron chi connectivity index (χ2n) is 5.18. The molecule has 5 heteroatoms. The zero-order valence-corrected chi connectivity index (χ0v) is 13.2. The minimum absolute atomic E-state index is 0.106. The van der Waals surface area contributed by atoms with E-state index in [1.54, 1.807) is 12.4 Å². The molecule has 0 saturated carbocycles. The van der Waals surface area contributed by atoms with E-state index in [4.69, 9.17) is 11.6 Å². The van der Waals surface area contributed by atoms with Gasteiger partial charge in [-0.2, -0.15) is 0 Å². The van der Waals surface area contributed by atoms with E-state index in [-0.39, 0.29) is 5.91 Å². The number of nitrogens with zero attached hydrogens (tertiary/aromatic N) is 1. The summed E-state index contributed by atoms with van der Waals surface area (Å²) in [6.07, 6.45) is 4.08. The number of hydrogen-bond donors (Lipinski definition) is 2. The first-order valence-corrected chi connectivity index (χ1v) is 7.69. The van der Waals surface area contributed by atoms with E-state index in [2.05, 4.69) is 15.3 Å². The van der Waals surface area contributed by atoms with Crippen molar-refractivity contribution in [2.24, 2.45) is 0 Å². The second-order valence-corrected chi connectivity index (χ2v) is 5.62. The Morgan fingerprint density at radius 3 is 2.65 bits per heavy atom. The van der Waals surface area contributed by atoms with Gasteiger partial charge in [-0.05, 0) is 35.7 Å². The fourth-order valence-electron chi connectivity index (χ4n) is 2.37. The van der Waals surface area contributed by atoms with E-state index < -0.39 is 0 Å². The number of aromatic nitrogens is 2. The second kappa shape index (κ2) is 7.11. The third kappa shape index (κ3) is 3.99. The molecule has 0 aliphatic heterocycles. The Morgan fingerprint density at radius 2 is 1.91 bits per heavy atom. The van der Waals surface area contributed by atoms with Crippen LogP contribution in [0, 0.1) is 0 Å². The highest BCUT2D eigenvalue weighted by Gasteiger charge is 2.11. The van der Waals surface area contributed by atoms with Gasteiger partial charge in [-0.15, -0.1) is 0 Å². The molecule has 3 rings (SSSR count). The molecule has 116 valence electrons. The molecule has 0 bridgehead atoms. The third-order valence-electron chi connectivity index (χ3n) is 3.54. The van der Waals surface area contributed by atoms with E-state index in [9.17, 15) is 4.79 Å². The molecule has 4 nitrogen and oxygen atoms in total. The summed E-state index contributed by atoms with van der Waals surface area (Å²) < 4.78 is 0. The monoisotopic (exact) mass is 325 g/mol. The van der Waals surface area contributed by atoms with Gasteiger partial charge in [0.15, 0.2) is 0 Å². The lowest BCUT2D eigenvalue weighted by atomic mass is 9.99. The van der Waals surface area contributed by atoms with E-state index in [0.717, 1.165) is 17.0 Å². The molecule has 0 atom stereocenters. The van der Waals surface area contributed by atoms with Crippen molar-refractivity contribution in [1.82, 2.24) is 15.3 Å². The molecule has 0 saturated heterocycles. The van der Waals surface area contributed by atoms with Gasteiger partial charge in [0.05, 0.1) is 6.54 Å². The largest absolute Gasteiger partial charge is 0.347 e. The first-order chi connectivity index (χ1) is 11.2. The number of hydrogen-bond acceptors (Lipinski definition) is 2. The number of H-pyrrole nitrogens is 1. The number of carbonyl (C=O) groups is 1. The maximum atomic E-state index is 12.4. The van der Waals surface area contributed by atoms with Gasteiger partial charge in [-0.3, -0.25) is 4.79 Å². The highest BCUT2D eigenvalue weighted by atomic mass is 35.5. The van der Waals surface area contributed by atoms with Crippen LogP contribution in [-0.2, 0) is 13.0 Å². The lowest BCUT2D eigenvalue weighted by Gasteiger charge is -2.10. The number of imidazole rings is 1. The maximum Gasteiger partial charge on any atom is 0.251 e. The fourth-order valence-corrected chi connectivity index (χ4v) is 2.50. The molecular formula is C18H16ClN3O. The van der Waals surface area contributed by atoms with Crippen LogP contribution in [0.15, 0.2) is 60.9 Å². The Hall–Kier alpha value is -2.59. The highest BCUT2D eigenvalue weighted by Crippen LogP contribution is 2.17. The average molecular weight is 326 g/mol. The molecule has 2 N–H and O–H groups in total. The molecule has 1 amide bonds. The summed E-state index contributed by atoms with van der Waals surface area (Å²) in [5.74, 6) is 0.625. The van der Waals surface area contributed by atoms with Gasteiger partial charge in [0, 0.05) is 23.0 Å². The van der Waals surface area contributed by atoms with Crippen molar-refractivity contribution in [1.29, 1.82) is 0 Å². The summed E-state index contributed by atoms with van der Waals surface area (Å²) in [6, 6.07) is 15.3. The SMILES string of the molecule is O=C(NCc1ncc[nH]1)c1ccccc1Cc1ccc(Cl)cc1. The number of benzene rings is 2. The zero-order valence-electron chi connectivity index (χ0n) is 12.4. The summed E-state index contributed by atoms with van der Waals surface area (Å²) in [7, 11) is 0. The van der Waals surface area contributed by atoms with Crippen molar-refractivity contribution >= 4 is 17.5 Å². The van der Waals surface area contributed by atoms with Crippen LogP contribution in [0.25, 0.3) is 0 Å². The van der Waals surface area contributed by atoms with Crippen LogP contribution in [0.4, 0.5) is 0 Å². The quantitative estimate of drug-likeness (QED) is 0.753. The van der Waals surface area contributed by atoms with Crippen LogP contribution in [0.3, 0.4) is 0 Å². The third-order valence-corrected chi connectivity index (χ3v) is 3.79. The lowest BCUT2D eigenvalue weighted by molar-refractivity contribution is 0.0949. The van der Waals surface area contributed by atoms with Crippen molar-refractivity contribution in [3.05, 3.63) is 88.5 Å². The van der Waals surface area contributed by atoms with E-state index in [1.807, 2.05) is 48.5 Å². The molecular weight excluding hydrogens is 310 g/mol. The molecule has 0 aliphatic carbocycles. The van der Waals surface area contributed by atoms with Crippen molar-refractivity contribution in [2.45, 2.75) is 13.0 Å². The number of halogens is 1. The number of carbonyl (C=O) groups excluding carboxylic acids is 1. The van der Waals surface area contributed by atoms with Crippen molar-refractivity contribution in [3.63, 3.8) is 0 Å². The van der Waals surface area contributed by atoms with E-state index >= 15 is 0 Å². The van der Waals surface area contributed by atoms with Gasteiger partial charge < -0.3 is 10.3 Å². The highest BCUT2D eigenvalue weighted by molar-refractivity contribution is 6.30. The van der Waals surface area contributed by atoms with Gasteiger partial charge >= 0.3 is 0 Å². The normalized spacial score (nSPS) is 10.5. The van der Waals surface area contributed by atoms with Crippen molar-refractivity contribution in [2.75, 3.05) is 0 Å². The van der Waals surface area contributed by atoms with Crippen molar-refractivity contribution < 1.29 is 4.79 Å². The van der Waals surface area contributed by atoms with Gasteiger partial charge in [-0.25, -0.2) is 4.98 Å². The van der Waals surface area contributed by atoms with Crippen LogP contribution in [0.1, 0.15) is 27.3 Å². The molecule has 3 aromatic rings. The van der Waals surface area contributed by atoms with Crippen LogP contribution in [0.5, 0.6) is 0 Å².